The highest BCUT2D eigenvalue weighted by Gasteiger charge is 2.57. The topological polar surface area (TPSA) is 133 Å². The second kappa shape index (κ2) is 16.3. The molecule has 4 heterocycles. The van der Waals surface area contributed by atoms with E-state index < -0.39 is 69.2 Å². The number of aromatic nitrogens is 1. The largest absolute Gasteiger partial charge is 0.481 e. The number of halogens is 6. The maximum Gasteiger partial charge on any atom is 0.425 e. The lowest BCUT2D eigenvalue weighted by molar-refractivity contribution is -0.161. The summed E-state index contributed by atoms with van der Waals surface area (Å²) in [6.45, 7) is 3.69. The first-order chi connectivity index (χ1) is 27.0. The third-order valence-electron chi connectivity index (χ3n) is 11.6. The number of carbonyl (C=O) groups excluding carboxylic acids is 2. The molecule has 0 radical (unpaired) electrons. The lowest BCUT2D eigenvalue weighted by atomic mass is 9.71. The van der Waals surface area contributed by atoms with Gasteiger partial charge in [0.15, 0.2) is 0 Å². The Hall–Kier alpha value is -4.69. The van der Waals surface area contributed by atoms with E-state index in [1.54, 1.807) is 19.1 Å². The van der Waals surface area contributed by atoms with E-state index in [4.69, 9.17) is 9.47 Å². The lowest BCUT2D eigenvalue weighted by Crippen LogP contribution is -2.68. The number of benzene rings is 1. The summed E-state index contributed by atoms with van der Waals surface area (Å²) in [5, 5.41) is 21.2. The number of alkyl halides is 6. The Bertz CT molecular complexity index is 2010. The minimum absolute atomic E-state index is 0.0232. The predicted octanol–water partition coefficient (Wildman–Crippen LogP) is 8.11. The molecule has 306 valence electrons. The van der Waals surface area contributed by atoms with Crippen LogP contribution in [-0.4, -0.2) is 75.1 Å². The highest BCUT2D eigenvalue weighted by Crippen LogP contribution is 2.45. The zero-order valence-electron chi connectivity index (χ0n) is 31.2. The molecule has 1 saturated carbocycles. The molecule has 1 N–H and O–H groups in total. The number of carbonyl (C=O) groups is 3. The van der Waals surface area contributed by atoms with Crippen LogP contribution in [0.2, 0.25) is 0 Å². The standard InChI is InChI=1S/C40H42F6N4O6S/c1-3-8-31-38(56-26-19-32(57-22-26)40(44,45)46,12-7-16-50(31)34(51)33-29(39(41,42)43)11-6-15-48-33)36(54)49-17-13-37(23-47,14-18-49)28-10-5-4-9-25(28)21-55-30-20-27(24(30)2)35(52)53/h4-6,9-11,15,19,22,24,27,30-31H,3,7-8,12-14,16-18,20-21H2,1-2H3,(H,52,53)/t24?,27-,30+,31+,38-/m0/s1. The van der Waals surface area contributed by atoms with Crippen molar-refractivity contribution in [2.24, 2.45) is 11.8 Å². The summed E-state index contributed by atoms with van der Waals surface area (Å²) < 4.78 is 95.9. The Morgan fingerprint density at radius 1 is 1.04 bits per heavy atom. The van der Waals surface area contributed by atoms with Crippen molar-refractivity contribution in [2.75, 3.05) is 19.6 Å². The third kappa shape index (κ3) is 8.20. The van der Waals surface area contributed by atoms with Crippen molar-refractivity contribution >= 4 is 29.1 Å². The Morgan fingerprint density at radius 3 is 2.37 bits per heavy atom. The molecule has 6 rings (SSSR count). The van der Waals surface area contributed by atoms with E-state index in [-0.39, 0.29) is 76.1 Å². The molecule has 1 unspecified atom stereocenters. The van der Waals surface area contributed by atoms with Crippen LogP contribution in [0.3, 0.4) is 0 Å². The lowest BCUT2D eigenvalue weighted by Gasteiger charge is -2.51. The summed E-state index contributed by atoms with van der Waals surface area (Å²) in [6.07, 6.45) is -7.71. The van der Waals surface area contributed by atoms with Gasteiger partial charge < -0.3 is 24.4 Å². The van der Waals surface area contributed by atoms with E-state index in [2.05, 4.69) is 11.1 Å². The number of carboxylic acids is 1. The minimum atomic E-state index is -4.92. The Morgan fingerprint density at radius 2 is 1.75 bits per heavy atom. The number of amides is 2. The number of hydrogen-bond acceptors (Lipinski definition) is 8. The maximum atomic E-state index is 15.0. The van der Waals surface area contributed by atoms with Crippen molar-refractivity contribution in [2.45, 2.75) is 101 Å². The zero-order chi connectivity index (χ0) is 41.3. The van der Waals surface area contributed by atoms with Crippen LogP contribution in [0.5, 0.6) is 5.75 Å². The fourth-order valence-corrected chi connectivity index (χ4v) is 9.15. The summed E-state index contributed by atoms with van der Waals surface area (Å²) in [6, 6.07) is 11.1. The SMILES string of the molecule is CCC[C@H]1N(C(=O)c2ncccc2C(F)(F)F)CCC[C@@]1(Oc1csc(C(F)(F)F)c1)C(=O)N1CCC(C#N)(c2ccccc2CO[C@@H]2C[C@H](C(=O)O)C2C)CC1. The molecular formula is C40H42F6N4O6S. The predicted molar refractivity (Wildman–Crippen MR) is 194 cm³/mol. The van der Waals surface area contributed by atoms with Crippen molar-refractivity contribution in [1.82, 2.24) is 14.8 Å². The van der Waals surface area contributed by atoms with E-state index >= 15 is 4.79 Å². The van der Waals surface area contributed by atoms with E-state index in [1.807, 2.05) is 19.1 Å². The van der Waals surface area contributed by atoms with Crippen LogP contribution in [0.4, 0.5) is 26.3 Å². The second-order valence-corrected chi connectivity index (χ2v) is 15.9. The van der Waals surface area contributed by atoms with Crippen molar-refractivity contribution in [1.29, 1.82) is 5.26 Å². The molecule has 2 saturated heterocycles. The molecule has 5 atom stereocenters. The highest BCUT2D eigenvalue weighted by atomic mass is 32.1. The molecular weight excluding hydrogens is 779 g/mol. The third-order valence-corrected chi connectivity index (χ3v) is 12.6. The quantitative estimate of drug-likeness (QED) is 0.192. The fourth-order valence-electron chi connectivity index (χ4n) is 8.47. The second-order valence-electron chi connectivity index (χ2n) is 15.0. The molecule has 10 nitrogen and oxygen atoms in total. The molecule has 0 bridgehead atoms. The Labute approximate surface area is 329 Å². The average Bonchev–Trinajstić information content (AvgIpc) is 3.66. The van der Waals surface area contributed by atoms with Crippen LogP contribution in [-0.2, 0) is 38.7 Å². The normalized spacial score (nSPS) is 25.0. The number of hydrogen-bond donors (Lipinski definition) is 1. The average molecular weight is 821 g/mol. The van der Waals surface area contributed by atoms with E-state index in [9.17, 15) is 46.3 Å². The molecule has 2 amide bonds. The number of aliphatic carboxylic acids is 1. The number of thiophene rings is 1. The van der Waals surface area contributed by atoms with Gasteiger partial charge in [-0.05, 0) is 61.3 Å². The van der Waals surface area contributed by atoms with Gasteiger partial charge in [-0.3, -0.25) is 19.4 Å². The van der Waals surface area contributed by atoms with Gasteiger partial charge in [0.05, 0.1) is 41.7 Å². The number of piperidine rings is 2. The molecule has 2 aromatic heterocycles. The van der Waals surface area contributed by atoms with Gasteiger partial charge in [-0.25, -0.2) is 0 Å². The van der Waals surface area contributed by atoms with Gasteiger partial charge in [0.25, 0.3) is 11.8 Å². The zero-order valence-corrected chi connectivity index (χ0v) is 32.1. The summed E-state index contributed by atoms with van der Waals surface area (Å²) in [4.78, 5) is 46.0. The number of nitriles is 1. The van der Waals surface area contributed by atoms with Gasteiger partial charge in [0, 0.05) is 43.7 Å². The Balaban J connectivity index is 1.31. The van der Waals surface area contributed by atoms with Crippen molar-refractivity contribution in [3.63, 3.8) is 0 Å². The van der Waals surface area contributed by atoms with Crippen LogP contribution in [0.15, 0.2) is 54.0 Å². The fraction of sp³-hybridized carbons (Fsp3) is 0.525. The monoisotopic (exact) mass is 820 g/mol. The number of carboxylic acid groups (broad SMARTS) is 1. The molecule has 0 spiro atoms. The molecule has 3 fully saturated rings. The van der Waals surface area contributed by atoms with E-state index in [1.165, 1.54) is 4.90 Å². The van der Waals surface area contributed by atoms with Gasteiger partial charge >= 0.3 is 18.3 Å². The number of rotatable bonds is 11. The van der Waals surface area contributed by atoms with Crippen LogP contribution < -0.4 is 4.74 Å². The van der Waals surface area contributed by atoms with Gasteiger partial charge in [-0.1, -0.05) is 44.5 Å². The number of pyridine rings is 1. The molecule has 1 aliphatic carbocycles. The number of ether oxygens (including phenoxy) is 2. The van der Waals surface area contributed by atoms with Crippen molar-refractivity contribution in [3.05, 3.63) is 81.3 Å². The van der Waals surface area contributed by atoms with Gasteiger partial charge in [0.1, 0.15) is 16.3 Å². The summed E-state index contributed by atoms with van der Waals surface area (Å²) in [5.41, 5.74) is -3.76. The first-order valence-electron chi connectivity index (χ1n) is 18.8. The first kappa shape index (κ1) is 41.9. The molecule has 3 aromatic rings. The van der Waals surface area contributed by atoms with Crippen LogP contribution in [0, 0.1) is 23.2 Å². The van der Waals surface area contributed by atoms with E-state index in [0.29, 0.717) is 29.7 Å². The highest BCUT2D eigenvalue weighted by molar-refractivity contribution is 7.10. The first-order valence-corrected chi connectivity index (χ1v) is 19.6. The summed E-state index contributed by atoms with van der Waals surface area (Å²) in [7, 11) is 0. The van der Waals surface area contributed by atoms with Crippen LogP contribution in [0.1, 0.15) is 90.8 Å². The summed E-state index contributed by atoms with van der Waals surface area (Å²) in [5.74, 6) is -3.55. The number of nitrogens with zero attached hydrogens (tertiary/aromatic N) is 4. The van der Waals surface area contributed by atoms with Crippen LogP contribution >= 0.6 is 11.3 Å². The van der Waals surface area contributed by atoms with E-state index in [0.717, 1.165) is 40.2 Å². The van der Waals surface area contributed by atoms with Crippen molar-refractivity contribution in [3.8, 4) is 11.8 Å². The number of likely N-dealkylation sites (tertiary alicyclic amines) is 2. The van der Waals surface area contributed by atoms with Gasteiger partial charge in [-0.2, -0.15) is 31.6 Å². The molecule has 57 heavy (non-hydrogen) atoms. The Kier molecular flexibility index (Phi) is 12.0. The van der Waals surface area contributed by atoms with Gasteiger partial charge in [0.2, 0.25) is 5.60 Å². The minimum Gasteiger partial charge on any atom is -0.481 e. The molecule has 1 aromatic carbocycles. The smallest absolute Gasteiger partial charge is 0.425 e. The molecule has 2 aliphatic heterocycles. The maximum absolute atomic E-state index is 15.0. The van der Waals surface area contributed by atoms with Crippen LogP contribution in [0.25, 0.3) is 0 Å². The molecule has 17 heteroatoms. The molecule has 3 aliphatic rings. The van der Waals surface area contributed by atoms with Gasteiger partial charge in [-0.15, -0.1) is 11.3 Å². The van der Waals surface area contributed by atoms with Crippen molar-refractivity contribution < 1.29 is 55.3 Å². The summed E-state index contributed by atoms with van der Waals surface area (Å²) >= 11 is 0.365.